The SMILES string of the molecule is COC(O)CCC1CCCC(C2CCC(C)C3C(O)C4C(CC23)CC2CC(C)C(C(C)O)C(O)C2(C)C4C)C1. The lowest BCUT2D eigenvalue weighted by molar-refractivity contribution is -0.227. The number of methoxy groups -OCH3 is 1. The van der Waals surface area contributed by atoms with E-state index in [-0.39, 0.29) is 29.3 Å². The zero-order valence-corrected chi connectivity index (χ0v) is 25.7. The first-order valence-electron chi connectivity index (χ1n) is 16.7. The monoisotopic (exact) mass is 548 g/mol. The summed E-state index contributed by atoms with van der Waals surface area (Å²) in [4.78, 5) is 0. The van der Waals surface area contributed by atoms with E-state index >= 15 is 0 Å². The average Bonchev–Trinajstić information content (AvgIpc) is 2.89. The molecule has 0 aromatic carbocycles. The quantitative estimate of drug-likeness (QED) is 0.312. The van der Waals surface area contributed by atoms with E-state index in [1.807, 2.05) is 6.92 Å². The zero-order chi connectivity index (χ0) is 28.2. The highest BCUT2D eigenvalue weighted by atomic mass is 16.6. The van der Waals surface area contributed by atoms with Crippen LogP contribution in [0, 0.1) is 76.4 Å². The van der Waals surface area contributed by atoms with Gasteiger partial charge in [0.1, 0.15) is 0 Å². The summed E-state index contributed by atoms with van der Waals surface area (Å²) in [6, 6.07) is 0. The normalized spacial score (nSPS) is 53.7. The van der Waals surface area contributed by atoms with E-state index in [4.69, 9.17) is 4.74 Å². The lowest BCUT2D eigenvalue weighted by Crippen LogP contribution is -2.65. The smallest absolute Gasteiger partial charge is 0.154 e. The summed E-state index contributed by atoms with van der Waals surface area (Å²) in [6.07, 6.45) is 11.1. The Hall–Kier alpha value is -0.200. The largest absolute Gasteiger partial charge is 0.393 e. The van der Waals surface area contributed by atoms with Gasteiger partial charge in [0.15, 0.2) is 6.29 Å². The number of hydrogen-bond donors (Lipinski definition) is 4. The molecule has 0 aliphatic heterocycles. The third kappa shape index (κ3) is 5.28. The molecule has 0 radical (unpaired) electrons. The number of ether oxygens (including phenoxy) is 1. The molecule has 4 N–H and O–H groups in total. The summed E-state index contributed by atoms with van der Waals surface area (Å²) in [7, 11) is 1.59. The molecule has 5 rings (SSSR count). The summed E-state index contributed by atoms with van der Waals surface area (Å²) >= 11 is 0. The van der Waals surface area contributed by atoms with Crippen molar-refractivity contribution >= 4 is 0 Å². The second kappa shape index (κ2) is 11.8. The highest BCUT2D eigenvalue weighted by Gasteiger charge is 2.63. The van der Waals surface area contributed by atoms with E-state index in [9.17, 15) is 20.4 Å². The molecule has 0 heterocycles. The molecule has 0 spiro atoms. The molecule has 0 aromatic rings. The van der Waals surface area contributed by atoms with E-state index in [1.165, 1.54) is 44.9 Å². The first kappa shape index (κ1) is 30.3. The molecular weight excluding hydrogens is 488 g/mol. The van der Waals surface area contributed by atoms with Crippen LogP contribution in [-0.2, 0) is 4.74 Å². The molecule has 0 aromatic heterocycles. The van der Waals surface area contributed by atoms with Crippen molar-refractivity contribution in [2.75, 3.05) is 7.11 Å². The predicted molar refractivity (Wildman–Crippen MR) is 155 cm³/mol. The van der Waals surface area contributed by atoms with Gasteiger partial charge in [0.2, 0.25) is 0 Å². The van der Waals surface area contributed by atoms with Gasteiger partial charge in [-0.2, -0.15) is 0 Å². The molecule has 5 aliphatic carbocycles. The third-order valence-corrected chi connectivity index (χ3v) is 14.0. The van der Waals surface area contributed by atoms with Crippen molar-refractivity contribution in [3.8, 4) is 0 Å². The summed E-state index contributed by atoms with van der Waals surface area (Å²) in [5, 5.41) is 44.5. The number of aliphatic hydroxyl groups excluding tert-OH is 4. The molecule has 226 valence electrons. The number of aliphatic hydroxyl groups is 4. The van der Waals surface area contributed by atoms with Crippen LogP contribution < -0.4 is 0 Å². The maximum atomic E-state index is 12.2. The van der Waals surface area contributed by atoms with Crippen molar-refractivity contribution in [2.24, 2.45) is 76.4 Å². The Morgan fingerprint density at radius 1 is 0.846 bits per heavy atom. The highest BCUT2D eigenvalue weighted by Crippen LogP contribution is 2.65. The average molecular weight is 549 g/mol. The van der Waals surface area contributed by atoms with Crippen LogP contribution in [-0.4, -0.2) is 52.1 Å². The fourth-order valence-corrected chi connectivity index (χ4v) is 11.9. The van der Waals surface area contributed by atoms with Crippen molar-refractivity contribution in [1.29, 1.82) is 0 Å². The Bertz CT molecular complexity index is 817. The summed E-state index contributed by atoms with van der Waals surface area (Å²) < 4.78 is 5.11. The lowest BCUT2D eigenvalue weighted by atomic mass is 9.41. The first-order chi connectivity index (χ1) is 18.5. The lowest BCUT2D eigenvalue weighted by Gasteiger charge is -2.65. The van der Waals surface area contributed by atoms with Crippen LogP contribution in [0.25, 0.3) is 0 Å². The van der Waals surface area contributed by atoms with E-state index in [1.54, 1.807) is 7.11 Å². The maximum absolute atomic E-state index is 12.2. The summed E-state index contributed by atoms with van der Waals surface area (Å²) in [5.41, 5.74) is -0.246. The topological polar surface area (TPSA) is 90.2 Å². The van der Waals surface area contributed by atoms with Crippen molar-refractivity contribution in [1.82, 2.24) is 0 Å². The molecule has 17 unspecified atom stereocenters. The summed E-state index contributed by atoms with van der Waals surface area (Å²) in [6.45, 7) is 11.1. The minimum Gasteiger partial charge on any atom is -0.393 e. The van der Waals surface area contributed by atoms with Crippen molar-refractivity contribution in [2.45, 2.75) is 130 Å². The minimum absolute atomic E-state index is 0.0824. The number of hydrogen-bond acceptors (Lipinski definition) is 5. The van der Waals surface area contributed by atoms with Crippen LogP contribution in [0.3, 0.4) is 0 Å². The molecule has 5 nitrogen and oxygen atoms in total. The Balaban J connectivity index is 1.36. The van der Waals surface area contributed by atoms with Gasteiger partial charge >= 0.3 is 0 Å². The van der Waals surface area contributed by atoms with Gasteiger partial charge in [0, 0.05) is 13.0 Å². The van der Waals surface area contributed by atoms with E-state index < -0.39 is 18.5 Å². The van der Waals surface area contributed by atoms with Crippen molar-refractivity contribution in [3.63, 3.8) is 0 Å². The molecule has 39 heavy (non-hydrogen) atoms. The molecule has 0 amide bonds. The van der Waals surface area contributed by atoms with Gasteiger partial charge in [-0.1, -0.05) is 53.4 Å². The highest BCUT2D eigenvalue weighted by molar-refractivity contribution is 5.12. The van der Waals surface area contributed by atoms with Crippen LogP contribution in [0.15, 0.2) is 0 Å². The molecule has 5 aliphatic rings. The summed E-state index contributed by atoms with van der Waals surface area (Å²) in [5.74, 6) is 5.44. The van der Waals surface area contributed by atoms with E-state index in [0.29, 0.717) is 41.4 Å². The molecule has 17 atom stereocenters. The molecular formula is C34H60O5. The van der Waals surface area contributed by atoms with Gasteiger partial charge in [-0.15, -0.1) is 0 Å². The van der Waals surface area contributed by atoms with Gasteiger partial charge in [0.05, 0.1) is 18.3 Å². The Labute approximate surface area is 238 Å². The Kier molecular flexibility index (Phi) is 9.17. The zero-order valence-electron chi connectivity index (χ0n) is 25.7. The van der Waals surface area contributed by atoms with Crippen LogP contribution in [0.2, 0.25) is 0 Å². The number of fused-ring (bicyclic) bond motifs is 3. The molecule has 5 saturated carbocycles. The van der Waals surface area contributed by atoms with Gasteiger partial charge < -0.3 is 25.2 Å². The van der Waals surface area contributed by atoms with Gasteiger partial charge in [0.25, 0.3) is 0 Å². The van der Waals surface area contributed by atoms with Crippen LogP contribution in [0.5, 0.6) is 0 Å². The second-order valence-corrected chi connectivity index (χ2v) is 15.6. The fraction of sp³-hybridized carbons (Fsp3) is 1.00. The molecule has 0 saturated heterocycles. The standard InChI is InChI=1S/C34H60O5/c1-18-10-12-26(23-9-7-8-22(15-23)11-13-28(36)39-6)27-17-24-16-25-14-19(2)29(21(4)35)33(38)34(25,5)20(3)31(24)32(37)30(18)27/h18-33,35-38H,7-17H2,1-6H3. The minimum atomic E-state index is -0.633. The molecule has 5 fully saturated rings. The van der Waals surface area contributed by atoms with E-state index in [2.05, 4.69) is 27.7 Å². The van der Waals surface area contributed by atoms with Crippen LogP contribution >= 0.6 is 0 Å². The Morgan fingerprint density at radius 2 is 1.59 bits per heavy atom. The first-order valence-corrected chi connectivity index (χ1v) is 16.7. The predicted octanol–water partition coefficient (Wildman–Crippen LogP) is 5.87. The molecule has 5 heteroatoms. The third-order valence-electron chi connectivity index (χ3n) is 14.0. The van der Waals surface area contributed by atoms with Crippen LogP contribution in [0.4, 0.5) is 0 Å². The fourth-order valence-electron chi connectivity index (χ4n) is 11.9. The van der Waals surface area contributed by atoms with Crippen LogP contribution in [0.1, 0.15) is 105 Å². The maximum Gasteiger partial charge on any atom is 0.154 e. The van der Waals surface area contributed by atoms with Crippen molar-refractivity contribution in [3.05, 3.63) is 0 Å². The van der Waals surface area contributed by atoms with Crippen molar-refractivity contribution < 1.29 is 25.2 Å². The van der Waals surface area contributed by atoms with Gasteiger partial charge in [-0.05, 0) is 122 Å². The Morgan fingerprint density at radius 3 is 2.28 bits per heavy atom. The van der Waals surface area contributed by atoms with E-state index in [0.717, 1.165) is 37.5 Å². The van der Waals surface area contributed by atoms with Gasteiger partial charge in [-0.25, -0.2) is 0 Å². The number of rotatable bonds is 6. The van der Waals surface area contributed by atoms with Gasteiger partial charge in [-0.3, -0.25) is 0 Å². The second-order valence-electron chi connectivity index (χ2n) is 15.6. The molecule has 0 bridgehead atoms.